The lowest BCUT2D eigenvalue weighted by atomic mass is 10.2. The fourth-order valence-corrected chi connectivity index (χ4v) is 2.80. The molecule has 0 saturated heterocycles. The minimum absolute atomic E-state index is 0.535. The summed E-state index contributed by atoms with van der Waals surface area (Å²) in [5.74, 6) is 0.832. The second-order valence-corrected chi connectivity index (χ2v) is 4.99. The third-order valence-electron chi connectivity index (χ3n) is 2.43. The highest BCUT2D eigenvalue weighted by molar-refractivity contribution is 7.98. The number of thioether (sulfide) groups is 1. The van der Waals surface area contributed by atoms with Gasteiger partial charge in [-0.3, -0.25) is 4.98 Å². The van der Waals surface area contributed by atoms with E-state index in [1.165, 1.54) is 0 Å². The molecule has 0 amide bonds. The Morgan fingerprint density at radius 2 is 2.00 bits per heavy atom. The minimum Gasteiger partial charge on any atom is -0.326 e. The van der Waals surface area contributed by atoms with Crippen molar-refractivity contribution in [1.29, 1.82) is 0 Å². The van der Waals surface area contributed by atoms with E-state index >= 15 is 0 Å². The quantitative estimate of drug-likeness (QED) is 0.860. The standard InChI is InChI=1S/C13H13ClN2S/c14-12-4-2-1-3-11(12)9-17-13-8-16-6-5-10(13)7-15/h1-6,8H,7,9,15H2. The van der Waals surface area contributed by atoms with Crippen molar-refractivity contribution in [2.24, 2.45) is 5.73 Å². The lowest BCUT2D eigenvalue weighted by Crippen LogP contribution is -1.98. The van der Waals surface area contributed by atoms with Crippen molar-refractivity contribution in [1.82, 2.24) is 4.98 Å². The van der Waals surface area contributed by atoms with E-state index in [-0.39, 0.29) is 0 Å². The van der Waals surface area contributed by atoms with Crippen molar-refractivity contribution in [2.45, 2.75) is 17.2 Å². The molecule has 88 valence electrons. The highest BCUT2D eigenvalue weighted by Gasteiger charge is 2.04. The van der Waals surface area contributed by atoms with Crippen LogP contribution < -0.4 is 5.73 Å². The van der Waals surface area contributed by atoms with Crippen molar-refractivity contribution in [3.63, 3.8) is 0 Å². The molecule has 1 aromatic heterocycles. The van der Waals surface area contributed by atoms with Crippen LogP contribution in [-0.2, 0) is 12.3 Å². The van der Waals surface area contributed by atoms with E-state index in [1.807, 2.05) is 36.5 Å². The molecule has 2 N–H and O–H groups in total. The minimum atomic E-state index is 0.535. The molecule has 2 rings (SSSR count). The van der Waals surface area contributed by atoms with Gasteiger partial charge in [-0.25, -0.2) is 0 Å². The smallest absolute Gasteiger partial charge is 0.0446 e. The Bertz CT molecular complexity index is 502. The molecule has 0 aliphatic carbocycles. The van der Waals surface area contributed by atoms with E-state index < -0.39 is 0 Å². The molecule has 0 aliphatic heterocycles. The zero-order chi connectivity index (χ0) is 12.1. The maximum Gasteiger partial charge on any atom is 0.0446 e. The second-order valence-electron chi connectivity index (χ2n) is 3.57. The van der Waals surface area contributed by atoms with Gasteiger partial charge in [0.05, 0.1) is 0 Å². The molecule has 0 saturated carbocycles. The lowest BCUT2D eigenvalue weighted by molar-refractivity contribution is 1.00. The van der Waals surface area contributed by atoms with Gasteiger partial charge in [0.2, 0.25) is 0 Å². The van der Waals surface area contributed by atoms with Crippen LogP contribution >= 0.6 is 23.4 Å². The molecule has 0 spiro atoms. The molecule has 17 heavy (non-hydrogen) atoms. The Kier molecular flexibility index (Phi) is 4.42. The Morgan fingerprint density at radius 1 is 1.18 bits per heavy atom. The summed E-state index contributed by atoms with van der Waals surface area (Å²) in [5, 5.41) is 0.804. The third-order valence-corrected chi connectivity index (χ3v) is 3.93. The zero-order valence-corrected chi connectivity index (χ0v) is 10.8. The maximum absolute atomic E-state index is 6.11. The number of hydrogen-bond acceptors (Lipinski definition) is 3. The van der Waals surface area contributed by atoms with E-state index in [0.29, 0.717) is 6.54 Å². The fourth-order valence-electron chi connectivity index (χ4n) is 1.48. The van der Waals surface area contributed by atoms with Gasteiger partial charge in [-0.15, -0.1) is 11.8 Å². The van der Waals surface area contributed by atoms with Crippen LogP contribution in [0.25, 0.3) is 0 Å². The SMILES string of the molecule is NCc1ccncc1SCc1ccccc1Cl. The highest BCUT2D eigenvalue weighted by atomic mass is 35.5. The topological polar surface area (TPSA) is 38.9 Å². The van der Waals surface area contributed by atoms with E-state index in [0.717, 1.165) is 26.8 Å². The van der Waals surface area contributed by atoms with E-state index in [4.69, 9.17) is 17.3 Å². The van der Waals surface area contributed by atoms with E-state index in [2.05, 4.69) is 4.98 Å². The van der Waals surface area contributed by atoms with Crippen molar-refractivity contribution < 1.29 is 0 Å². The number of rotatable bonds is 4. The van der Waals surface area contributed by atoms with Crippen molar-refractivity contribution in [3.8, 4) is 0 Å². The molecule has 0 unspecified atom stereocenters. The summed E-state index contributed by atoms with van der Waals surface area (Å²) in [6.45, 7) is 0.535. The predicted molar refractivity (Wildman–Crippen MR) is 73.1 cm³/mol. The normalized spacial score (nSPS) is 10.5. The number of hydrogen-bond donors (Lipinski definition) is 1. The first kappa shape index (κ1) is 12.4. The van der Waals surface area contributed by atoms with Gasteiger partial charge in [-0.2, -0.15) is 0 Å². The van der Waals surface area contributed by atoms with Crippen LogP contribution in [0, 0.1) is 0 Å². The van der Waals surface area contributed by atoms with Crippen LogP contribution in [0.1, 0.15) is 11.1 Å². The van der Waals surface area contributed by atoms with Gasteiger partial charge in [0.1, 0.15) is 0 Å². The number of nitrogens with two attached hydrogens (primary N) is 1. The van der Waals surface area contributed by atoms with Crippen LogP contribution in [0.3, 0.4) is 0 Å². The van der Waals surface area contributed by atoms with Gasteiger partial charge in [-0.05, 0) is 23.3 Å². The summed E-state index contributed by atoms with van der Waals surface area (Å²) in [6.07, 6.45) is 3.62. The number of pyridine rings is 1. The van der Waals surface area contributed by atoms with Crippen LogP contribution in [0.2, 0.25) is 5.02 Å². The number of benzene rings is 1. The Labute approximate surface area is 110 Å². The van der Waals surface area contributed by atoms with E-state index in [9.17, 15) is 0 Å². The van der Waals surface area contributed by atoms with Crippen LogP contribution in [0.5, 0.6) is 0 Å². The van der Waals surface area contributed by atoms with Crippen molar-refractivity contribution in [3.05, 3.63) is 58.9 Å². The first-order chi connectivity index (χ1) is 8.31. The summed E-state index contributed by atoms with van der Waals surface area (Å²) < 4.78 is 0. The number of aromatic nitrogens is 1. The highest BCUT2D eigenvalue weighted by Crippen LogP contribution is 2.28. The number of halogens is 1. The molecule has 0 bridgehead atoms. The second kappa shape index (κ2) is 6.05. The van der Waals surface area contributed by atoms with Gasteiger partial charge in [-0.1, -0.05) is 29.8 Å². The van der Waals surface area contributed by atoms with Crippen molar-refractivity contribution in [2.75, 3.05) is 0 Å². The average Bonchev–Trinajstić information content (AvgIpc) is 2.38. The first-order valence-corrected chi connectivity index (χ1v) is 6.67. The molecule has 2 aromatic rings. The molecule has 0 atom stereocenters. The van der Waals surface area contributed by atoms with Gasteiger partial charge in [0.25, 0.3) is 0 Å². The molecule has 1 heterocycles. The third kappa shape index (κ3) is 3.22. The summed E-state index contributed by atoms with van der Waals surface area (Å²) in [6, 6.07) is 9.83. The first-order valence-electron chi connectivity index (χ1n) is 5.30. The molecule has 2 nitrogen and oxygen atoms in total. The lowest BCUT2D eigenvalue weighted by Gasteiger charge is -2.07. The molecule has 4 heteroatoms. The Hall–Kier alpha value is -1.03. The van der Waals surface area contributed by atoms with Gasteiger partial charge in [0.15, 0.2) is 0 Å². The summed E-state index contributed by atoms with van der Waals surface area (Å²) in [4.78, 5) is 5.24. The van der Waals surface area contributed by atoms with Crippen LogP contribution in [-0.4, -0.2) is 4.98 Å². The summed E-state index contributed by atoms with van der Waals surface area (Å²) in [7, 11) is 0. The summed E-state index contributed by atoms with van der Waals surface area (Å²) >= 11 is 7.82. The molecule has 0 radical (unpaired) electrons. The molecule has 0 fully saturated rings. The fraction of sp³-hybridized carbons (Fsp3) is 0.154. The molecular formula is C13H13ClN2S. The molecule has 0 aliphatic rings. The Balaban J connectivity index is 2.10. The predicted octanol–water partition coefficient (Wildman–Crippen LogP) is 3.49. The maximum atomic E-state index is 6.11. The monoisotopic (exact) mass is 264 g/mol. The zero-order valence-electron chi connectivity index (χ0n) is 9.27. The van der Waals surface area contributed by atoms with Crippen molar-refractivity contribution >= 4 is 23.4 Å². The van der Waals surface area contributed by atoms with E-state index in [1.54, 1.807) is 18.0 Å². The molecule has 1 aromatic carbocycles. The average molecular weight is 265 g/mol. The molecular weight excluding hydrogens is 252 g/mol. The van der Waals surface area contributed by atoms with Gasteiger partial charge in [0, 0.05) is 34.6 Å². The largest absolute Gasteiger partial charge is 0.326 e. The van der Waals surface area contributed by atoms with Crippen LogP contribution in [0.4, 0.5) is 0 Å². The van der Waals surface area contributed by atoms with Crippen LogP contribution in [0.15, 0.2) is 47.6 Å². The Morgan fingerprint density at radius 3 is 2.76 bits per heavy atom. The number of nitrogens with zero attached hydrogens (tertiary/aromatic N) is 1. The van der Waals surface area contributed by atoms with Gasteiger partial charge >= 0.3 is 0 Å². The summed E-state index contributed by atoms with van der Waals surface area (Å²) in [5.41, 5.74) is 7.94. The van der Waals surface area contributed by atoms with Gasteiger partial charge < -0.3 is 5.73 Å².